The van der Waals surface area contributed by atoms with E-state index in [-0.39, 0.29) is 18.2 Å². The van der Waals surface area contributed by atoms with E-state index in [1.807, 2.05) is 21.9 Å². The van der Waals surface area contributed by atoms with Gasteiger partial charge in [0.05, 0.1) is 0 Å². The lowest BCUT2D eigenvalue weighted by atomic mass is 9.99. The highest BCUT2D eigenvalue weighted by molar-refractivity contribution is 5.97. The largest absolute Gasteiger partial charge is 0.342 e. The molecule has 1 atom stereocenters. The van der Waals surface area contributed by atoms with Gasteiger partial charge in [-0.1, -0.05) is 31.2 Å². The Morgan fingerprint density at radius 1 is 1.09 bits per heavy atom. The molecule has 2 amide bonds. The highest BCUT2D eigenvalue weighted by atomic mass is 16.2. The van der Waals surface area contributed by atoms with Crippen LogP contribution in [0.4, 0.5) is 0 Å². The standard InChI is InChI=1S/C18H24N2O2/c1-14-5-4-9-19(12-14)17(21)11-18(22)20-10-8-15-6-2-3-7-16(15)13-20/h2-3,6-7,14H,4-5,8-13H2,1H3. The van der Waals surface area contributed by atoms with Crippen LogP contribution in [-0.2, 0) is 22.6 Å². The highest BCUT2D eigenvalue weighted by Crippen LogP contribution is 2.20. The minimum Gasteiger partial charge on any atom is -0.342 e. The minimum atomic E-state index is -0.0299. The maximum Gasteiger partial charge on any atom is 0.232 e. The number of carbonyl (C=O) groups is 2. The molecule has 0 bridgehead atoms. The molecule has 2 heterocycles. The van der Waals surface area contributed by atoms with Crippen LogP contribution in [0.1, 0.15) is 37.3 Å². The number of amides is 2. The van der Waals surface area contributed by atoms with E-state index in [0.717, 1.165) is 32.5 Å². The Morgan fingerprint density at radius 3 is 2.59 bits per heavy atom. The van der Waals surface area contributed by atoms with Crippen molar-refractivity contribution in [2.45, 2.75) is 39.2 Å². The second-order valence-electron chi connectivity index (χ2n) is 6.60. The van der Waals surface area contributed by atoms with Gasteiger partial charge in [0.15, 0.2) is 0 Å². The second-order valence-corrected chi connectivity index (χ2v) is 6.60. The first-order valence-corrected chi connectivity index (χ1v) is 8.26. The first kappa shape index (κ1) is 15.1. The molecule has 0 radical (unpaired) electrons. The smallest absolute Gasteiger partial charge is 0.232 e. The molecule has 0 aromatic heterocycles. The van der Waals surface area contributed by atoms with Crippen molar-refractivity contribution < 1.29 is 9.59 Å². The predicted molar refractivity (Wildman–Crippen MR) is 85.2 cm³/mol. The number of nitrogens with zero attached hydrogens (tertiary/aromatic N) is 2. The Kier molecular flexibility index (Phi) is 4.46. The van der Waals surface area contributed by atoms with E-state index in [0.29, 0.717) is 12.5 Å². The molecule has 0 spiro atoms. The van der Waals surface area contributed by atoms with Gasteiger partial charge in [-0.15, -0.1) is 0 Å². The summed E-state index contributed by atoms with van der Waals surface area (Å²) in [6.07, 6.45) is 3.14. The maximum atomic E-state index is 12.4. The van der Waals surface area contributed by atoms with Gasteiger partial charge in [0, 0.05) is 26.2 Å². The SMILES string of the molecule is CC1CCCN(C(=O)CC(=O)N2CCc3ccccc3C2)C1. The number of likely N-dealkylation sites (tertiary alicyclic amines) is 1. The molecule has 4 nitrogen and oxygen atoms in total. The van der Waals surface area contributed by atoms with Crippen LogP contribution in [0.25, 0.3) is 0 Å². The number of benzene rings is 1. The van der Waals surface area contributed by atoms with Gasteiger partial charge in [-0.05, 0) is 36.3 Å². The fraction of sp³-hybridized carbons (Fsp3) is 0.556. The molecular weight excluding hydrogens is 276 g/mol. The highest BCUT2D eigenvalue weighted by Gasteiger charge is 2.26. The summed E-state index contributed by atoms with van der Waals surface area (Å²) in [5.74, 6) is 0.516. The van der Waals surface area contributed by atoms with E-state index in [1.54, 1.807) is 0 Å². The van der Waals surface area contributed by atoms with Crippen LogP contribution in [-0.4, -0.2) is 41.2 Å². The van der Waals surface area contributed by atoms with Crippen molar-refractivity contribution >= 4 is 11.8 Å². The van der Waals surface area contributed by atoms with Crippen molar-refractivity contribution in [3.8, 4) is 0 Å². The summed E-state index contributed by atoms with van der Waals surface area (Å²) in [6, 6.07) is 8.24. The molecule has 0 saturated carbocycles. The molecule has 1 aromatic carbocycles. The number of piperidine rings is 1. The van der Waals surface area contributed by atoms with Crippen LogP contribution < -0.4 is 0 Å². The Balaban J connectivity index is 1.57. The molecule has 118 valence electrons. The zero-order valence-corrected chi connectivity index (χ0v) is 13.3. The maximum absolute atomic E-state index is 12.4. The van der Waals surface area contributed by atoms with Gasteiger partial charge in [-0.3, -0.25) is 9.59 Å². The summed E-state index contributed by atoms with van der Waals surface area (Å²) in [5, 5.41) is 0. The molecule has 1 saturated heterocycles. The van der Waals surface area contributed by atoms with Gasteiger partial charge in [-0.25, -0.2) is 0 Å². The van der Waals surface area contributed by atoms with Gasteiger partial charge in [0.2, 0.25) is 11.8 Å². The minimum absolute atomic E-state index is 0.00425. The zero-order valence-electron chi connectivity index (χ0n) is 13.3. The number of fused-ring (bicyclic) bond motifs is 1. The summed E-state index contributed by atoms with van der Waals surface area (Å²) >= 11 is 0. The normalized spacial score (nSPS) is 21.4. The van der Waals surface area contributed by atoms with Crippen LogP contribution in [0.15, 0.2) is 24.3 Å². The van der Waals surface area contributed by atoms with Crippen molar-refractivity contribution in [3.05, 3.63) is 35.4 Å². The third-order valence-corrected chi connectivity index (χ3v) is 4.80. The number of rotatable bonds is 2. The summed E-state index contributed by atoms with van der Waals surface area (Å²) in [4.78, 5) is 28.4. The summed E-state index contributed by atoms with van der Waals surface area (Å²) in [7, 11) is 0. The Morgan fingerprint density at radius 2 is 1.82 bits per heavy atom. The van der Waals surface area contributed by atoms with Crippen LogP contribution in [0.5, 0.6) is 0 Å². The average Bonchev–Trinajstić information content (AvgIpc) is 2.54. The van der Waals surface area contributed by atoms with E-state index >= 15 is 0 Å². The topological polar surface area (TPSA) is 40.6 Å². The molecule has 1 fully saturated rings. The van der Waals surface area contributed by atoms with Crippen molar-refractivity contribution in [3.63, 3.8) is 0 Å². The molecule has 22 heavy (non-hydrogen) atoms. The van der Waals surface area contributed by atoms with Crippen LogP contribution in [0.3, 0.4) is 0 Å². The molecule has 0 N–H and O–H groups in total. The Hall–Kier alpha value is -1.84. The third kappa shape index (κ3) is 3.32. The van der Waals surface area contributed by atoms with E-state index in [9.17, 15) is 9.59 Å². The quantitative estimate of drug-likeness (QED) is 0.786. The van der Waals surface area contributed by atoms with E-state index < -0.39 is 0 Å². The van der Waals surface area contributed by atoms with Crippen molar-refractivity contribution in [2.24, 2.45) is 5.92 Å². The van der Waals surface area contributed by atoms with Crippen LogP contribution in [0, 0.1) is 5.92 Å². The van der Waals surface area contributed by atoms with E-state index in [1.165, 1.54) is 17.5 Å². The summed E-state index contributed by atoms with van der Waals surface area (Å²) < 4.78 is 0. The van der Waals surface area contributed by atoms with E-state index in [4.69, 9.17) is 0 Å². The molecule has 2 aliphatic heterocycles. The Bertz CT molecular complexity index is 570. The second kappa shape index (κ2) is 6.51. The van der Waals surface area contributed by atoms with Crippen LogP contribution in [0.2, 0.25) is 0 Å². The molecule has 1 unspecified atom stereocenters. The molecular formula is C18H24N2O2. The first-order chi connectivity index (χ1) is 10.6. The lowest BCUT2D eigenvalue weighted by Gasteiger charge is -2.32. The molecule has 4 heteroatoms. The number of hydrogen-bond donors (Lipinski definition) is 0. The molecule has 0 aliphatic carbocycles. The number of hydrogen-bond acceptors (Lipinski definition) is 2. The predicted octanol–water partition coefficient (Wildman–Crippen LogP) is 2.22. The molecule has 3 rings (SSSR count). The van der Waals surface area contributed by atoms with Gasteiger partial charge in [0.1, 0.15) is 6.42 Å². The monoisotopic (exact) mass is 300 g/mol. The fourth-order valence-corrected chi connectivity index (χ4v) is 3.48. The van der Waals surface area contributed by atoms with Crippen molar-refractivity contribution in [1.82, 2.24) is 9.80 Å². The lowest BCUT2D eigenvalue weighted by Crippen LogP contribution is -2.43. The first-order valence-electron chi connectivity index (χ1n) is 8.26. The fourth-order valence-electron chi connectivity index (χ4n) is 3.48. The van der Waals surface area contributed by atoms with Gasteiger partial charge >= 0.3 is 0 Å². The molecule has 2 aliphatic rings. The average molecular weight is 300 g/mol. The van der Waals surface area contributed by atoms with Gasteiger partial charge in [0.25, 0.3) is 0 Å². The van der Waals surface area contributed by atoms with Crippen molar-refractivity contribution in [2.75, 3.05) is 19.6 Å². The van der Waals surface area contributed by atoms with Crippen LogP contribution >= 0.6 is 0 Å². The van der Waals surface area contributed by atoms with Crippen molar-refractivity contribution in [1.29, 1.82) is 0 Å². The number of carbonyl (C=O) groups excluding carboxylic acids is 2. The Labute approximate surface area is 132 Å². The summed E-state index contributed by atoms with van der Waals surface area (Å²) in [5.41, 5.74) is 2.53. The van der Waals surface area contributed by atoms with Gasteiger partial charge in [-0.2, -0.15) is 0 Å². The van der Waals surface area contributed by atoms with Gasteiger partial charge < -0.3 is 9.80 Å². The zero-order chi connectivity index (χ0) is 15.5. The third-order valence-electron chi connectivity index (χ3n) is 4.80. The summed E-state index contributed by atoms with van der Waals surface area (Å²) in [6.45, 7) is 5.13. The molecule has 1 aromatic rings. The van der Waals surface area contributed by atoms with E-state index in [2.05, 4.69) is 19.1 Å². The lowest BCUT2D eigenvalue weighted by molar-refractivity contribution is -0.142.